The average Bonchev–Trinajstić information content (AvgIpc) is 2.95. The van der Waals surface area contributed by atoms with Crippen molar-refractivity contribution in [3.63, 3.8) is 0 Å². The van der Waals surface area contributed by atoms with Crippen LogP contribution in [0.15, 0.2) is 29.6 Å². The third-order valence-electron chi connectivity index (χ3n) is 3.06. The van der Waals surface area contributed by atoms with E-state index >= 15 is 0 Å². The number of aromatic nitrogens is 2. The molecule has 6 heteroatoms. The topological polar surface area (TPSA) is 54.7 Å². The molecular weight excluding hydrogens is 297 g/mol. The summed E-state index contributed by atoms with van der Waals surface area (Å²) in [6.07, 6.45) is 0. The quantitative estimate of drug-likeness (QED) is 0.733. The molecule has 0 aliphatic rings. The summed E-state index contributed by atoms with van der Waals surface area (Å²) in [7, 11) is 0. The number of nitrogens with one attached hydrogen (secondary N) is 1. The molecule has 0 saturated heterocycles. The lowest BCUT2D eigenvalue weighted by Crippen LogP contribution is -1.91. The number of benzene rings is 1. The van der Waals surface area contributed by atoms with Crippen LogP contribution in [-0.2, 0) is 0 Å². The highest BCUT2D eigenvalue weighted by Crippen LogP contribution is 2.42. The molecule has 0 fully saturated rings. The summed E-state index contributed by atoms with van der Waals surface area (Å²) >= 11 is 7.76. The second kappa shape index (κ2) is 4.92. The number of anilines is 1. The van der Waals surface area contributed by atoms with Crippen molar-refractivity contribution < 1.29 is 4.39 Å². The standard InChI is InChI=1S/C14H11ClFN3S/c1-7-6-20-13(11(7)15)12-10(14(17)19-18-12)8-4-2-3-5-9(8)16/h2-6H,1H3,(H3,17,18,19). The fourth-order valence-electron chi connectivity index (χ4n) is 2.06. The van der Waals surface area contributed by atoms with E-state index in [0.717, 1.165) is 10.4 Å². The number of halogens is 2. The fraction of sp³-hybridized carbons (Fsp3) is 0.0714. The monoisotopic (exact) mass is 307 g/mol. The van der Waals surface area contributed by atoms with Gasteiger partial charge in [0.15, 0.2) is 5.82 Å². The van der Waals surface area contributed by atoms with Crippen LogP contribution >= 0.6 is 22.9 Å². The molecule has 0 saturated carbocycles. The fourth-order valence-corrected chi connectivity index (χ4v) is 3.35. The van der Waals surface area contributed by atoms with Crippen LogP contribution in [0.3, 0.4) is 0 Å². The van der Waals surface area contributed by atoms with Crippen molar-refractivity contribution in [2.24, 2.45) is 0 Å². The summed E-state index contributed by atoms with van der Waals surface area (Å²) in [6.45, 7) is 1.92. The van der Waals surface area contributed by atoms with E-state index in [9.17, 15) is 4.39 Å². The van der Waals surface area contributed by atoms with Gasteiger partial charge in [-0.2, -0.15) is 5.10 Å². The van der Waals surface area contributed by atoms with Gasteiger partial charge in [-0.05, 0) is 23.9 Å². The van der Waals surface area contributed by atoms with Gasteiger partial charge in [-0.15, -0.1) is 11.3 Å². The van der Waals surface area contributed by atoms with Gasteiger partial charge < -0.3 is 5.73 Å². The van der Waals surface area contributed by atoms with Crippen molar-refractivity contribution in [3.05, 3.63) is 46.0 Å². The first kappa shape index (κ1) is 13.1. The van der Waals surface area contributed by atoms with Crippen molar-refractivity contribution in [1.82, 2.24) is 10.2 Å². The molecule has 3 aromatic rings. The largest absolute Gasteiger partial charge is 0.382 e. The van der Waals surface area contributed by atoms with Gasteiger partial charge in [-0.25, -0.2) is 4.39 Å². The number of nitrogens with zero attached hydrogens (tertiary/aromatic N) is 1. The highest BCUT2D eigenvalue weighted by Gasteiger charge is 2.20. The molecule has 2 aromatic heterocycles. The zero-order valence-corrected chi connectivity index (χ0v) is 12.1. The Balaban J connectivity index is 2.26. The van der Waals surface area contributed by atoms with Gasteiger partial charge in [-0.3, -0.25) is 5.10 Å². The van der Waals surface area contributed by atoms with Gasteiger partial charge in [0, 0.05) is 5.56 Å². The van der Waals surface area contributed by atoms with Crippen LogP contribution in [0.5, 0.6) is 0 Å². The number of nitrogen functional groups attached to an aromatic ring is 1. The summed E-state index contributed by atoms with van der Waals surface area (Å²) < 4.78 is 14.0. The molecule has 2 heterocycles. The second-order valence-corrected chi connectivity index (χ2v) is 5.66. The lowest BCUT2D eigenvalue weighted by atomic mass is 10.0. The van der Waals surface area contributed by atoms with Crippen molar-refractivity contribution in [2.45, 2.75) is 6.92 Å². The molecule has 0 amide bonds. The molecule has 3 N–H and O–H groups in total. The normalized spacial score (nSPS) is 10.9. The minimum Gasteiger partial charge on any atom is -0.382 e. The Kier molecular flexibility index (Phi) is 3.23. The number of rotatable bonds is 2. The summed E-state index contributed by atoms with van der Waals surface area (Å²) in [4.78, 5) is 0.812. The predicted molar refractivity (Wildman–Crippen MR) is 81.5 cm³/mol. The molecule has 0 spiro atoms. The molecule has 0 atom stereocenters. The zero-order chi connectivity index (χ0) is 14.3. The Labute approximate surface area is 124 Å². The van der Waals surface area contributed by atoms with E-state index in [0.29, 0.717) is 21.8 Å². The van der Waals surface area contributed by atoms with Gasteiger partial charge in [0.05, 0.1) is 21.2 Å². The minimum atomic E-state index is -0.341. The summed E-state index contributed by atoms with van der Waals surface area (Å²) in [6, 6.07) is 6.47. The van der Waals surface area contributed by atoms with Crippen molar-refractivity contribution in [3.8, 4) is 21.7 Å². The number of hydrogen-bond acceptors (Lipinski definition) is 3. The van der Waals surface area contributed by atoms with Crippen LogP contribution in [0.1, 0.15) is 5.56 Å². The Morgan fingerprint density at radius 1 is 1.35 bits per heavy atom. The smallest absolute Gasteiger partial charge is 0.153 e. The average molecular weight is 308 g/mol. The molecule has 0 radical (unpaired) electrons. The van der Waals surface area contributed by atoms with Gasteiger partial charge >= 0.3 is 0 Å². The minimum absolute atomic E-state index is 0.257. The van der Waals surface area contributed by atoms with E-state index in [4.69, 9.17) is 17.3 Å². The first-order valence-electron chi connectivity index (χ1n) is 5.92. The van der Waals surface area contributed by atoms with E-state index in [2.05, 4.69) is 10.2 Å². The third kappa shape index (κ3) is 1.99. The highest BCUT2D eigenvalue weighted by molar-refractivity contribution is 7.14. The van der Waals surface area contributed by atoms with E-state index in [1.165, 1.54) is 17.4 Å². The summed E-state index contributed by atoms with van der Waals surface area (Å²) in [5.74, 6) is -0.0847. The SMILES string of the molecule is Cc1csc(-c2[nH]nc(N)c2-c2ccccc2F)c1Cl. The van der Waals surface area contributed by atoms with E-state index in [-0.39, 0.29) is 11.6 Å². The number of aromatic amines is 1. The Morgan fingerprint density at radius 2 is 2.10 bits per heavy atom. The molecule has 0 aliphatic carbocycles. The molecule has 20 heavy (non-hydrogen) atoms. The van der Waals surface area contributed by atoms with Gasteiger partial charge in [0.2, 0.25) is 0 Å². The lowest BCUT2D eigenvalue weighted by molar-refractivity contribution is 0.631. The van der Waals surface area contributed by atoms with Gasteiger partial charge in [-0.1, -0.05) is 29.8 Å². The van der Waals surface area contributed by atoms with Gasteiger partial charge in [0.1, 0.15) is 5.82 Å². The highest BCUT2D eigenvalue weighted by atomic mass is 35.5. The van der Waals surface area contributed by atoms with Gasteiger partial charge in [0.25, 0.3) is 0 Å². The van der Waals surface area contributed by atoms with E-state index in [1.807, 2.05) is 12.3 Å². The van der Waals surface area contributed by atoms with Crippen molar-refractivity contribution in [1.29, 1.82) is 0 Å². The van der Waals surface area contributed by atoms with Crippen molar-refractivity contribution in [2.75, 3.05) is 5.73 Å². The summed E-state index contributed by atoms with van der Waals surface area (Å²) in [5.41, 5.74) is 8.47. The summed E-state index contributed by atoms with van der Waals surface area (Å²) in [5, 5.41) is 9.43. The molecular formula is C14H11ClFN3S. The second-order valence-electron chi connectivity index (χ2n) is 4.40. The molecule has 3 nitrogen and oxygen atoms in total. The molecule has 1 aromatic carbocycles. The number of nitrogens with two attached hydrogens (primary N) is 1. The van der Waals surface area contributed by atoms with Crippen LogP contribution in [0.25, 0.3) is 21.7 Å². The Hall–Kier alpha value is -1.85. The van der Waals surface area contributed by atoms with Crippen LogP contribution in [0.2, 0.25) is 5.02 Å². The molecule has 0 aliphatic heterocycles. The lowest BCUT2D eigenvalue weighted by Gasteiger charge is -2.05. The zero-order valence-electron chi connectivity index (χ0n) is 10.6. The van der Waals surface area contributed by atoms with Crippen LogP contribution in [0.4, 0.5) is 10.2 Å². The van der Waals surface area contributed by atoms with Crippen LogP contribution in [0, 0.1) is 12.7 Å². The maximum absolute atomic E-state index is 14.0. The number of aryl methyl sites for hydroxylation is 1. The van der Waals surface area contributed by atoms with Crippen LogP contribution in [-0.4, -0.2) is 10.2 Å². The van der Waals surface area contributed by atoms with E-state index in [1.54, 1.807) is 18.2 Å². The maximum atomic E-state index is 14.0. The molecule has 102 valence electrons. The number of hydrogen-bond donors (Lipinski definition) is 2. The predicted octanol–water partition coefficient (Wildman–Crippen LogP) is 4.49. The van der Waals surface area contributed by atoms with Crippen LogP contribution < -0.4 is 5.73 Å². The van der Waals surface area contributed by atoms with Crippen molar-refractivity contribution >= 4 is 28.8 Å². The van der Waals surface area contributed by atoms with E-state index < -0.39 is 0 Å². The first-order valence-corrected chi connectivity index (χ1v) is 7.18. The first-order chi connectivity index (χ1) is 9.59. The number of H-pyrrole nitrogens is 1. The third-order valence-corrected chi connectivity index (χ3v) is 4.78. The molecule has 3 rings (SSSR count). The maximum Gasteiger partial charge on any atom is 0.153 e. The molecule has 0 bridgehead atoms. The Bertz CT molecular complexity index is 779. The molecule has 0 unspecified atom stereocenters. The number of thiophene rings is 1. The Morgan fingerprint density at radius 3 is 2.75 bits per heavy atom.